The van der Waals surface area contributed by atoms with Crippen LogP contribution in [-0.4, -0.2) is 68.1 Å². The van der Waals surface area contributed by atoms with Gasteiger partial charge in [0.25, 0.3) is 0 Å². The minimum absolute atomic E-state index is 0.0683. The number of amides is 2. The maximum absolute atomic E-state index is 12.3. The molecule has 1 aromatic heterocycles. The average Bonchev–Trinajstić information content (AvgIpc) is 2.93. The van der Waals surface area contributed by atoms with E-state index >= 15 is 0 Å². The summed E-state index contributed by atoms with van der Waals surface area (Å²) >= 11 is 0. The van der Waals surface area contributed by atoms with Gasteiger partial charge in [0.15, 0.2) is 0 Å². The van der Waals surface area contributed by atoms with Crippen molar-refractivity contribution in [2.45, 2.75) is 45.2 Å². The molecule has 24 heavy (non-hydrogen) atoms. The normalized spacial score (nSPS) is 18.0. The molecule has 1 atom stereocenters. The van der Waals surface area contributed by atoms with Crippen molar-refractivity contribution >= 4 is 17.8 Å². The largest absolute Gasteiger partial charge is 0.480 e. The van der Waals surface area contributed by atoms with Gasteiger partial charge in [-0.15, -0.1) is 0 Å². The second-order valence-corrected chi connectivity index (χ2v) is 6.03. The van der Waals surface area contributed by atoms with Crippen molar-refractivity contribution in [3.8, 4) is 0 Å². The standard InChI is InChI=1S/C16H24N4O4/c1-13(21)20(12-16(23)24)14-4-2-8-18(10-5-14)15(22)6-11-19-9-3-7-17-19/h3,7,9,14H,2,4-6,8,10-12H2,1H3,(H,23,24)/t14-/m1/s1. The Balaban J connectivity index is 1.87. The third-order valence-electron chi connectivity index (χ3n) is 4.32. The minimum atomic E-state index is -1.01. The van der Waals surface area contributed by atoms with Gasteiger partial charge in [0.2, 0.25) is 11.8 Å². The van der Waals surface area contributed by atoms with E-state index in [2.05, 4.69) is 5.10 Å². The molecule has 0 bridgehead atoms. The molecule has 0 aliphatic carbocycles. The zero-order chi connectivity index (χ0) is 17.5. The van der Waals surface area contributed by atoms with E-state index in [4.69, 9.17) is 5.11 Å². The van der Waals surface area contributed by atoms with Crippen LogP contribution in [0.4, 0.5) is 0 Å². The van der Waals surface area contributed by atoms with Gasteiger partial charge in [0.05, 0.1) is 0 Å². The Morgan fingerprint density at radius 1 is 1.29 bits per heavy atom. The van der Waals surface area contributed by atoms with Crippen LogP contribution in [0.3, 0.4) is 0 Å². The molecule has 0 spiro atoms. The summed E-state index contributed by atoms with van der Waals surface area (Å²) < 4.78 is 1.73. The van der Waals surface area contributed by atoms with Crippen molar-refractivity contribution in [1.29, 1.82) is 0 Å². The quantitative estimate of drug-likeness (QED) is 0.820. The number of aryl methyl sites for hydroxylation is 1. The summed E-state index contributed by atoms with van der Waals surface area (Å²) in [6.45, 7) is 2.84. The molecule has 8 nitrogen and oxygen atoms in total. The minimum Gasteiger partial charge on any atom is -0.480 e. The fourth-order valence-electron chi connectivity index (χ4n) is 3.08. The zero-order valence-corrected chi connectivity index (χ0v) is 13.9. The third-order valence-corrected chi connectivity index (χ3v) is 4.32. The number of carboxylic acid groups (broad SMARTS) is 1. The summed E-state index contributed by atoms with van der Waals surface area (Å²) in [5.41, 5.74) is 0. The molecule has 1 aliphatic rings. The molecule has 2 heterocycles. The van der Waals surface area contributed by atoms with Crippen LogP contribution in [0.15, 0.2) is 18.5 Å². The first kappa shape index (κ1) is 18.0. The Kier molecular flexibility index (Phi) is 6.34. The van der Waals surface area contributed by atoms with Crippen LogP contribution in [0.2, 0.25) is 0 Å². The Bertz CT molecular complexity index is 573. The van der Waals surface area contributed by atoms with E-state index in [0.717, 1.165) is 12.8 Å². The fraction of sp³-hybridized carbons (Fsp3) is 0.625. The SMILES string of the molecule is CC(=O)N(CC(=O)O)[C@@H]1CCCN(C(=O)CCn2cccn2)CC1. The van der Waals surface area contributed by atoms with Gasteiger partial charge in [-0.2, -0.15) is 5.10 Å². The summed E-state index contributed by atoms with van der Waals surface area (Å²) in [6.07, 6.45) is 5.98. The number of carbonyl (C=O) groups is 3. The number of carbonyl (C=O) groups excluding carboxylic acids is 2. The maximum atomic E-state index is 12.3. The lowest BCUT2D eigenvalue weighted by molar-refractivity contribution is -0.145. The van der Waals surface area contributed by atoms with Crippen molar-refractivity contribution in [3.63, 3.8) is 0 Å². The fourth-order valence-corrected chi connectivity index (χ4v) is 3.08. The van der Waals surface area contributed by atoms with Crippen LogP contribution in [-0.2, 0) is 20.9 Å². The maximum Gasteiger partial charge on any atom is 0.323 e. The lowest BCUT2D eigenvalue weighted by atomic mass is 10.1. The van der Waals surface area contributed by atoms with Crippen LogP contribution in [0.1, 0.15) is 32.6 Å². The highest BCUT2D eigenvalue weighted by atomic mass is 16.4. The van der Waals surface area contributed by atoms with E-state index in [1.807, 2.05) is 17.2 Å². The Morgan fingerprint density at radius 2 is 2.08 bits per heavy atom. The summed E-state index contributed by atoms with van der Waals surface area (Å²) in [7, 11) is 0. The molecular weight excluding hydrogens is 312 g/mol. The van der Waals surface area contributed by atoms with Crippen molar-refractivity contribution in [2.75, 3.05) is 19.6 Å². The molecule has 1 N–H and O–H groups in total. The smallest absolute Gasteiger partial charge is 0.323 e. The molecular formula is C16H24N4O4. The van der Waals surface area contributed by atoms with Crippen LogP contribution in [0, 0.1) is 0 Å². The Labute approximate surface area is 141 Å². The molecule has 1 fully saturated rings. The van der Waals surface area contributed by atoms with Gasteiger partial charge in [0, 0.05) is 51.4 Å². The predicted octanol–water partition coefficient (Wildman–Crippen LogP) is 0.587. The first-order valence-corrected chi connectivity index (χ1v) is 8.21. The highest BCUT2D eigenvalue weighted by Crippen LogP contribution is 2.18. The van der Waals surface area contributed by atoms with Crippen LogP contribution >= 0.6 is 0 Å². The molecule has 1 aliphatic heterocycles. The van der Waals surface area contributed by atoms with E-state index < -0.39 is 5.97 Å². The van der Waals surface area contributed by atoms with Crippen molar-refractivity contribution in [2.24, 2.45) is 0 Å². The van der Waals surface area contributed by atoms with Gasteiger partial charge in [-0.3, -0.25) is 19.1 Å². The number of rotatable bonds is 6. The van der Waals surface area contributed by atoms with Gasteiger partial charge in [-0.25, -0.2) is 0 Å². The third kappa shape index (κ3) is 5.07. The number of aliphatic carboxylic acids is 1. The van der Waals surface area contributed by atoms with Crippen molar-refractivity contribution < 1.29 is 19.5 Å². The molecule has 2 amide bonds. The lowest BCUT2D eigenvalue weighted by Gasteiger charge is -2.28. The summed E-state index contributed by atoms with van der Waals surface area (Å²) in [5.74, 6) is -1.18. The molecule has 0 aromatic carbocycles. The average molecular weight is 336 g/mol. The molecule has 0 radical (unpaired) electrons. The Morgan fingerprint density at radius 3 is 2.71 bits per heavy atom. The Hall–Kier alpha value is -2.38. The predicted molar refractivity (Wildman–Crippen MR) is 86.1 cm³/mol. The molecule has 0 saturated carbocycles. The number of nitrogens with zero attached hydrogens (tertiary/aromatic N) is 4. The van der Waals surface area contributed by atoms with Gasteiger partial charge in [-0.1, -0.05) is 0 Å². The van der Waals surface area contributed by atoms with Gasteiger partial charge in [-0.05, 0) is 25.3 Å². The van der Waals surface area contributed by atoms with Crippen molar-refractivity contribution in [1.82, 2.24) is 19.6 Å². The number of carboxylic acids is 1. The van der Waals surface area contributed by atoms with Crippen LogP contribution in [0.5, 0.6) is 0 Å². The van der Waals surface area contributed by atoms with E-state index in [0.29, 0.717) is 32.5 Å². The molecule has 1 aromatic rings. The second kappa shape index (κ2) is 8.47. The van der Waals surface area contributed by atoms with Crippen LogP contribution < -0.4 is 0 Å². The summed E-state index contributed by atoms with van der Waals surface area (Å²) in [4.78, 5) is 38.2. The summed E-state index contributed by atoms with van der Waals surface area (Å²) in [5, 5.41) is 13.0. The second-order valence-electron chi connectivity index (χ2n) is 6.03. The van der Waals surface area contributed by atoms with Gasteiger partial charge in [0.1, 0.15) is 6.54 Å². The highest BCUT2D eigenvalue weighted by molar-refractivity contribution is 5.80. The van der Waals surface area contributed by atoms with E-state index in [9.17, 15) is 14.4 Å². The van der Waals surface area contributed by atoms with E-state index in [-0.39, 0.29) is 24.4 Å². The molecule has 8 heteroatoms. The monoisotopic (exact) mass is 336 g/mol. The van der Waals surface area contributed by atoms with Gasteiger partial charge >= 0.3 is 5.97 Å². The highest BCUT2D eigenvalue weighted by Gasteiger charge is 2.27. The molecule has 1 saturated heterocycles. The van der Waals surface area contributed by atoms with E-state index in [1.165, 1.54) is 11.8 Å². The topological polar surface area (TPSA) is 95.7 Å². The number of hydrogen-bond acceptors (Lipinski definition) is 4. The number of likely N-dealkylation sites (tertiary alicyclic amines) is 1. The molecule has 2 rings (SSSR count). The van der Waals surface area contributed by atoms with Gasteiger partial charge < -0.3 is 14.9 Å². The zero-order valence-electron chi connectivity index (χ0n) is 13.9. The first-order chi connectivity index (χ1) is 11.5. The van der Waals surface area contributed by atoms with Crippen LogP contribution in [0.25, 0.3) is 0 Å². The molecule has 0 unspecified atom stereocenters. The summed E-state index contributed by atoms with van der Waals surface area (Å²) in [6, 6.07) is 1.70. The van der Waals surface area contributed by atoms with E-state index in [1.54, 1.807) is 10.9 Å². The number of hydrogen-bond donors (Lipinski definition) is 1. The lowest BCUT2D eigenvalue weighted by Crippen LogP contribution is -2.43. The molecule has 132 valence electrons. The first-order valence-electron chi connectivity index (χ1n) is 8.21. The van der Waals surface area contributed by atoms with Crippen molar-refractivity contribution in [3.05, 3.63) is 18.5 Å². The number of aromatic nitrogens is 2.